The molecule has 0 amide bonds. The number of para-hydroxylation sites is 1. The van der Waals surface area contributed by atoms with Gasteiger partial charge in [-0.25, -0.2) is 15.0 Å². The second-order valence-electron chi connectivity index (χ2n) is 29.6. The summed E-state index contributed by atoms with van der Waals surface area (Å²) in [4.78, 5) is 72.7. The first-order chi connectivity index (χ1) is 54.1. The molecule has 0 bridgehead atoms. The molecule has 114 heavy (non-hydrogen) atoms. The van der Waals surface area contributed by atoms with Crippen LogP contribution in [-0.2, 0) is 9.13 Å². The van der Waals surface area contributed by atoms with Crippen molar-refractivity contribution in [1.82, 2.24) is 24.5 Å². The molecule has 0 atom stereocenters. The summed E-state index contributed by atoms with van der Waals surface area (Å²) in [5, 5.41) is 22.4. The second kappa shape index (κ2) is 35.1. The van der Waals surface area contributed by atoms with Crippen molar-refractivity contribution in [2.75, 3.05) is 112 Å². The number of phenols is 2. The van der Waals surface area contributed by atoms with Crippen molar-refractivity contribution in [1.29, 1.82) is 0 Å². The lowest BCUT2D eigenvalue weighted by atomic mass is 9.99. The lowest BCUT2D eigenvalue weighted by molar-refractivity contribution is 0.385. The summed E-state index contributed by atoms with van der Waals surface area (Å²) < 4.78 is 27.6. The van der Waals surface area contributed by atoms with Gasteiger partial charge in [-0.15, -0.1) is 11.3 Å². The van der Waals surface area contributed by atoms with Crippen LogP contribution in [0.3, 0.4) is 0 Å². The molecule has 0 saturated carbocycles. The summed E-state index contributed by atoms with van der Waals surface area (Å²) in [7, 11) is 5.69. The lowest BCUT2D eigenvalue weighted by Crippen LogP contribution is -2.21. The van der Waals surface area contributed by atoms with E-state index >= 15 is 0 Å². The van der Waals surface area contributed by atoms with Gasteiger partial charge in [0.2, 0.25) is 0 Å². The molecule has 592 valence electrons. The van der Waals surface area contributed by atoms with Gasteiger partial charge >= 0.3 is 15.2 Å². The lowest BCUT2D eigenvalue weighted by Gasteiger charge is -2.22. The van der Waals surface area contributed by atoms with Crippen molar-refractivity contribution >= 4 is 71.3 Å². The molecule has 19 nitrogen and oxygen atoms in total. The number of rotatable bonds is 22. The molecule has 3 heterocycles. The second-order valence-corrected chi connectivity index (χ2v) is 33.7. The van der Waals surface area contributed by atoms with Crippen molar-refractivity contribution in [3.8, 4) is 117 Å². The Morgan fingerprint density at radius 1 is 0.395 bits per heavy atom. The Kier molecular flexibility index (Phi) is 25.9. The quantitative estimate of drug-likeness (QED) is 0.0313. The maximum Gasteiger partial charge on any atom is 0.356 e. The van der Waals surface area contributed by atoms with E-state index in [4.69, 9.17) is 15.0 Å². The third kappa shape index (κ3) is 18.3. The standard InChI is InChI=1S/C37H42N4O.C28H32N4O.C27H31N3O6P2S/c1-7-39(8-2)30-20-16-28(17-21-30)34-35(29-18-22-31(23-19-29)40(9-3)10-4)41(32-14-12-11-13-15-32)37(38-34)33-25-26(5)24-27(6)36(33)42;1-17-16-24(27(33)19(3)18(17)2)28-29-25(20-8-12-22(13-9-20)31(4)5)26(30-28)21-10-14-23(15-11-21)32(6)7;1-16-11-17(2)13-18(12-16)27-28-25(21-9-7-19(29(3)4)14-23(21)37(31,32)33)26(39-27)22-10-8-20(30(5)6)15-24(22)38(34,35)36/h11-25,42H,7-10H2,1-6H3;8-16,33H,1-7H3,(H,29,30);7-15H,1-6H3,(H2,31,32,33)(H2,34,35,36). The molecule has 10 aromatic carbocycles. The average molecular weight is 1590 g/mol. The Morgan fingerprint density at radius 3 is 1.33 bits per heavy atom. The molecule has 3 aromatic heterocycles. The van der Waals surface area contributed by atoms with Crippen molar-refractivity contribution in [3.63, 3.8) is 0 Å². The first kappa shape index (κ1) is 83.9. The number of phenolic OH excluding ortho intramolecular Hbond substituents is 2. The van der Waals surface area contributed by atoms with Crippen molar-refractivity contribution < 1.29 is 38.9 Å². The molecule has 0 aliphatic rings. The van der Waals surface area contributed by atoms with Crippen LogP contribution in [0.4, 0.5) is 34.1 Å². The number of nitrogens with zero attached hydrogens (tertiary/aromatic N) is 10. The van der Waals surface area contributed by atoms with E-state index in [1.165, 1.54) is 34.8 Å². The van der Waals surface area contributed by atoms with Crippen LogP contribution in [0.5, 0.6) is 11.5 Å². The molecule has 0 aliphatic heterocycles. The van der Waals surface area contributed by atoms with Crippen LogP contribution >= 0.6 is 26.5 Å². The number of thiazole rings is 1. The molecule has 0 unspecified atom stereocenters. The summed E-state index contributed by atoms with van der Waals surface area (Å²) in [6, 6.07) is 66.2. The number of hydrogen-bond donors (Lipinski definition) is 7. The number of nitrogens with one attached hydrogen (secondary N) is 1. The van der Waals surface area contributed by atoms with Crippen LogP contribution in [-0.4, -0.2) is 137 Å². The Morgan fingerprint density at radius 2 is 0.842 bits per heavy atom. The van der Waals surface area contributed by atoms with Crippen LogP contribution < -0.4 is 40.0 Å². The highest BCUT2D eigenvalue weighted by atomic mass is 32.1. The van der Waals surface area contributed by atoms with Gasteiger partial charge < -0.3 is 64.2 Å². The minimum Gasteiger partial charge on any atom is -0.507 e. The molecule has 0 aliphatic carbocycles. The highest BCUT2D eigenvalue weighted by Gasteiger charge is 2.32. The number of aromatic hydroxyl groups is 2. The van der Waals surface area contributed by atoms with Gasteiger partial charge in [-0.2, -0.15) is 0 Å². The number of imidazole rings is 2. The minimum absolute atomic E-state index is 0.187. The third-order valence-corrected chi connectivity index (χ3v) is 23.9. The summed E-state index contributed by atoms with van der Waals surface area (Å²) in [5.41, 5.74) is 24.7. The summed E-state index contributed by atoms with van der Waals surface area (Å²) in [6.07, 6.45) is 0. The fourth-order valence-corrected chi connectivity index (χ4v) is 17.0. The molecular weight excluding hydrogens is 1480 g/mol. The van der Waals surface area contributed by atoms with Gasteiger partial charge in [-0.1, -0.05) is 96.1 Å². The number of benzene rings is 10. The Bertz CT molecular complexity index is 5500. The normalized spacial score (nSPS) is 11.4. The van der Waals surface area contributed by atoms with Gasteiger partial charge in [-0.05, 0) is 219 Å². The fraction of sp³-hybridized carbons (Fsp3) is 0.250. The molecule has 22 heteroatoms. The Labute approximate surface area is 675 Å². The predicted molar refractivity (Wildman–Crippen MR) is 477 cm³/mol. The molecule has 13 aromatic rings. The third-order valence-electron chi connectivity index (χ3n) is 20.7. The van der Waals surface area contributed by atoms with Crippen LogP contribution in [0, 0.1) is 48.5 Å². The number of hydrogen-bond acceptors (Lipinski definition) is 14. The van der Waals surface area contributed by atoms with Crippen LogP contribution in [0.2, 0.25) is 0 Å². The highest BCUT2D eigenvalue weighted by Crippen LogP contribution is 2.50. The first-order valence-electron chi connectivity index (χ1n) is 38.1. The Hall–Kier alpha value is -11.1. The van der Waals surface area contributed by atoms with E-state index in [9.17, 15) is 38.9 Å². The summed E-state index contributed by atoms with van der Waals surface area (Å²) in [5.74, 6) is 1.92. The van der Waals surface area contributed by atoms with E-state index in [0.717, 1.165) is 150 Å². The highest BCUT2D eigenvalue weighted by molar-refractivity contribution is 7.61. The zero-order valence-corrected chi connectivity index (χ0v) is 71.3. The van der Waals surface area contributed by atoms with Gasteiger partial charge in [0.25, 0.3) is 0 Å². The van der Waals surface area contributed by atoms with Gasteiger partial charge in [0, 0.05) is 161 Å². The van der Waals surface area contributed by atoms with Crippen molar-refractivity contribution in [2.24, 2.45) is 0 Å². The van der Waals surface area contributed by atoms with Gasteiger partial charge in [0.1, 0.15) is 28.2 Å². The van der Waals surface area contributed by atoms with Crippen molar-refractivity contribution in [3.05, 3.63) is 239 Å². The monoisotopic (exact) mass is 1590 g/mol. The minimum atomic E-state index is -4.77. The zero-order chi connectivity index (χ0) is 82.5. The maximum atomic E-state index is 12.7. The van der Waals surface area contributed by atoms with E-state index in [0.29, 0.717) is 27.1 Å². The number of aromatic amines is 1. The molecule has 0 radical (unpaired) electrons. The number of aryl methyl sites for hydroxylation is 5. The van der Waals surface area contributed by atoms with E-state index in [1.54, 1.807) is 62.3 Å². The smallest absolute Gasteiger partial charge is 0.356 e. The molecule has 0 fully saturated rings. The summed E-state index contributed by atoms with van der Waals surface area (Å²) >= 11 is 1.22. The molecule has 0 saturated heterocycles. The maximum absolute atomic E-state index is 12.7. The van der Waals surface area contributed by atoms with Crippen LogP contribution in [0.1, 0.15) is 66.6 Å². The Balaban J connectivity index is 0.000000170. The van der Waals surface area contributed by atoms with E-state index in [-0.39, 0.29) is 38.9 Å². The SMILES string of the molecule is CCN(CC)c1ccc(-c2nc(-c3cc(C)cc(C)c3O)n(-c3ccccc3)c2-c2ccc(N(CC)CC)cc2)cc1.Cc1cc(-c2nc(-c3ccc(N(C)C)cc3)c(-c3ccc(N(C)C)cc3)[nH]2)c(O)c(C)c1C.Cc1cc(C)cc(-c2nc(-c3ccc(N(C)C)cc3P(=O)(O)O)c(-c3ccc(N(C)C)cc3P(=O)(O)O)s2)c1. The average Bonchev–Trinajstić information content (AvgIpc) is 1.57. The molecule has 7 N–H and O–H groups in total. The topological polar surface area (TPSA) is 234 Å². The number of aromatic nitrogens is 5. The van der Waals surface area contributed by atoms with Gasteiger partial charge in [0.15, 0.2) is 0 Å². The van der Waals surface area contributed by atoms with E-state index in [2.05, 4.69) is 180 Å². The van der Waals surface area contributed by atoms with Crippen LogP contribution in [0.15, 0.2) is 200 Å². The number of H-pyrrole nitrogens is 1. The predicted octanol–water partition coefficient (Wildman–Crippen LogP) is 19.6. The summed E-state index contributed by atoms with van der Waals surface area (Å²) in [6.45, 7) is 26.5. The van der Waals surface area contributed by atoms with Gasteiger partial charge in [0.05, 0.1) is 55.1 Å². The van der Waals surface area contributed by atoms with E-state index < -0.39 is 15.2 Å². The van der Waals surface area contributed by atoms with Gasteiger partial charge in [-0.3, -0.25) is 13.7 Å². The fourth-order valence-electron chi connectivity index (χ4n) is 14.3. The molecular formula is C92H105N11O8P2S. The largest absolute Gasteiger partial charge is 0.507 e. The first-order valence-corrected chi connectivity index (χ1v) is 42.2. The zero-order valence-electron chi connectivity index (χ0n) is 68.7. The van der Waals surface area contributed by atoms with Crippen molar-refractivity contribution in [2.45, 2.75) is 76.2 Å². The molecule has 0 spiro atoms. The van der Waals surface area contributed by atoms with Crippen LogP contribution in [0.25, 0.3) is 106 Å². The molecule has 13 rings (SSSR count). The number of anilines is 6. The van der Waals surface area contributed by atoms with E-state index in [1.807, 2.05) is 117 Å².